The molecule has 0 saturated heterocycles. The lowest BCUT2D eigenvalue weighted by Crippen LogP contribution is -2.25. The Bertz CT molecular complexity index is 412. The molecule has 0 saturated carbocycles. The molecule has 1 aromatic rings. The lowest BCUT2D eigenvalue weighted by atomic mass is 9.98. The lowest BCUT2D eigenvalue weighted by molar-refractivity contribution is -0.386. The maximum atomic E-state index is 11.1. The zero-order valence-corrected chi connectivity index (χ0v) is 10.8. The molecular weight excluding hydrogens is 220 g/mol. The highest BCUT2D eigenvalue weighted by atomic mass is 16.6. The maximum Gasteiger partial charge on any atom is 0.313 e. The average Bonchev–Trinajstić information content (AvgIpc) is 2.54. The summed E-state index contributed by atoms with van der Waals surface area (Å²) >= 11 is 0. The number of aromatic nitrogens is 2. The van der Waals surface area contributed by atoms with E-state index in [4.69, 9.17) is 5.73 Å². The van der Waals surface area contributed by atoms with E-state index in [9.17, 15) is 10.1 Å². The monoisotopic (exact) mass is 240 g/mol. The van der Waals surface area contributed by atoms with Gasteiger partial charge in [0.1, 0.15) is 11.4 Å². The molecule has 0 spiro atoms. The Morgan fingerprint density at radius 3 is 2.53 bits per heavy atom. The molecule has 0 amide bonds. The number of hydrogen-bond donors (Lipinski definition) is 1. The summed E-state index contributed by atoms with van der Waals surface area (Å²) in [4.78, 5) is 10.7. The molecule has 17 heavy (non-hydrogen) atoms. The van der Waals surface area contributed by atoms with Crippen LogP contribution in [0.25, 0.3) is 0 Å². The second kappa shape index (κ2) is 5.27. The van der Waals surface area contributed by atoms with Crippen LogP contribution in [0.4, 0.5) is 5.69 Å². The summed E-state index contributed by atoms with van der Waals surface area (Å²) in [6, 6.07) is -0.139. The minimum absolute atomic E-state index is 0.0804. The third-order valence-electron chi connectivity index (χ3n) is 2.97. The molecule has 96 valence electrons. The van der Waals surface area contributed by atoms with Crippen molar-refractivity contribution >= 4 is 5.69 Å². The summed E-state index contributed by atoms with van der Waals surface area (Å²) in [5.74, 6) is -0.0804. The fourth-order valence-electron chi connectivity index (χ4n) is 1.90. The zero-order chi connectivity index (χ0) is 13.2. The average molecular weight is 240 g/mol. The molecule has 2 atom stereocenters. The first kappa shape index (κ1) is 13.6. The van der Waals surface area contributed by atoms with E-state index >= 15 is 0 Å². The van der Waals surface area contributed by atoms with Gasteiger partial charge in [-0.25, -0.2) is 0 Å². The van der Waals surface area contributed by atoms with E-state index in [2.05, 4.69) is 5.10 Å². The molecular formula is C11H20N4O2. The van der Waals surface area contributed by atoms with Crippen LogP contribution in [-0.4, -0.2) is 20.7 Å². The summed E-state index contributed by atoms with van der Waals surface area (Å²) < 4.78 is 1.72. The molecule has 2 unspecified atom stereocenters. The van der Waals surface area contributed by atoms with Gasteiger partial charge >= 0.3 is 5.69 Å². The molecule has 2 N–H and O–H groups in total. The number of hydrogen-bond acceptors (Lipinski definition) is 4. The SMILES string of the molecule is CCCn1nc(C)c([N+](=O)[O-])c1C(C)C(C)N. The van der Waals surface area contributed by atoms with E-state index in [0.29, 0.717) is 17.9 Å². The van der Waals surface area contributed by atoms with Crippen molar-refractivity contribution in [1.82, 2.24) is 9.78 Å². The Morgan fingerprint density at radius 2 is 2.12 bits per heavy atom. The molecule has 0 bridgehead atoms. The van der Waals surface area contributed by atoms with Crippen molar-refractivity contribution in [2.45, 2.75) is 52.6 Å². The smallest absolute Gasteiger partial charge is 0.313 e. The summed E-state index contributed by atoms with van der Waals surface area (Å²) in [6.07, 6.45) is 0.886. The normalized spacial score (nSPS) is 14.6. The molecule has 1 aromatic heterocycles. The van der Waals surface area contributed by atoms with Crippen LogP contribution in [0.15, 0.2) is 0 Å². The molecule has 0 aliphatic rings. The molecule has 0 aliphatic carbocycles. The van der Waals surface area contributed by atoms with Crippen molar-refractivity contribution in [1.29, 1.82) is 0 Å². The van der Waals surface area contributed by atoms with Crippen molar-refractivity contribution in [2.75, 3.05) is 0 Å². The largest absolute Gasteiger partial charge is 0.327 e. The predicted molar refractivity (Wildman–Crippen MR) is 66.0 cm³/mol. The summed E-state index contributed by atoms with van der Waals surface area (Å²) in [5.41, 5.74) is 7.07. The number of nitrogens with zero attached hydrogens (tertiary/aromatic N) is 3. The van der Waals surface area contributed by atoms with Gasteiger partial charge in [-0.15, -0.1) is 0 Å². The number of rotatable bonds is 5. The summed E-state index contributed by atoms with van der Waals surface area (Å²) in [6.45, 7) is 8.12. The second-order valence-corrected chi connectivity index (χ2v) is 4.45. The van der Waals surface area contributed by atoms with Crippen LogP contribution in [0.3, 0.4) is 0 Å². The molecule has 0 fully saturated rings. The number of nitro groups is 1. The Balaban J connectivity index is 3.34. The van der Waals surface area contributed by atoms with Gasteiger partial charge in [-0.3, -0.25) is 14.8 Å². The third-order valence-corrected chi connectivity index (χ3v) is 2.97. The van der Waals surface area contributed by atoms with Crippen LogP contribution < -0.4 is 5.73 Å². The number of aryl methyl sites for hydroxylation is 2. The van der Waals surface area contributed by atoms with Crippen molar-refractivity contribution < 1.29 is 4.92 Å². The molecule has 0 radical (unpaired) electrons. The Hall–Kier alpha value is -1.43. The highest BCUT2D eigenvalue weighted by Gasteiger charge is 2.30. The van der Waals surface area contributed by atoms with E-state index in [-0.39, 0.29) is 22.6 Å². The maximum absolute atomic E-state index is 11.1. The summed E-state index contributed by atoms with van der Waals surface area (Å²) in [5, 5.41) is 15.3. The molecule has 1 rings (SSSR count). The van der Waals surface area contributed by atoms with Gasteiger partial charge in [-0.05, 0) is 20.3 Å². The van der Waals surface area contributed by atoms with E-state index in [0.717, 1.165) is 6.42 Å². The van der Waals surface area contributed by atoms with Gasteiger partial charge in [0.2, 0.25) is 0 Å². The van der Waals surface area contributed by atoms with E-state index < -0.39 is 0 Å². The van der Waals surface area contributed by atoms with Crippen molar-refractivity contribution in [2.24, 2.45) is 5.73 Å². The van der Waals surface area contributed by atoms with Gasteiger partial charge in [0.15, 0.2) is 0 Å². The van der Waals surface area contributed by atoms with Crippen LogP contribution in [-0.2, 0) is 6.54 Å². The van der Waals surface area contributed by atoms with Gasteiger partial charge in [0, 0.05) is 18.5 Å². The van der Waals surface area contributed by atoms with Crippen LogP contribution in [0.5, 0.6) is 0 Å². The molecule has 6 heteroatoms. The molecule has 6 nitrogen and oxygen atoms in total. The van der Waals surface area contributed by atoms with Crippen molar-refractivity contribution in [3.63, 3.8) is 0 Å². The Labute approximate surface area is 101 Å². The van der Waals surface area contributed by atoms with E-state index in [1.165, 1.54) is 0 Å². The highest BCUT2D eigenvalue weighted by molar-refractivity contribution is 5.43. The van der Waals surface area contributed by atoms with E-state index in [1.807, 2.05) is 20.8 Å². The minimum Gasteiger partial charge on any atom is -0.327 e. The fourth-order valence-corrected chi connectivity index (χ4v) is 1.90. The van der Waals surface area contributed by atoms with E-state index in [1.54, 1.807) is 11.6 Å². The quantitative estimate of drug-likeness (QED) is 0.629. The van der Waals surface area contributed by atoms with Gasteiger partial charge in [0.25, 0.3) is 0 Å². The van der Waals surface area contributed by atoms with Crippen LogP contribution in [0.2, 0.25) is 0 Å². The molecule has 1 heterocycles. The third kappa shape index (κ3) is 2.63. The predicted octanol–water partition coefficient (Wildman–Crippen LogP) is 1.96. The molecule has 0 aromatic carbocycles. The standard InChI is InChI=1S/C11H20N4O2/c1-5-6-14-10(7(2)8(3)12)11(15(16)17)9(4)13-14/h7-8H,5-6,12H2,1-4H3. The highest BCUT2D eigenvalue weighted by Crippen LogP contribution is 2.31. The first-order valence-corrected chi connectivity index (χ1v) is 5.87. The first-order chi connectivity index (χ1) is 7.90. The fraction of sp³-hybridized carbons (Fsp3) is 0.727. The van der Waals surface area contributed by atoms with Crippen LogP contribution >= 0.6 is 0 Å². The lowest BCUT2D eigenvalue weighted by Gasteiger charge is -2.16. The van der Waals surface area contributed by atoms with Crippen LogP contribution in [0.1, 0.15) is 44.5 Å². The first-order valence-electron chi connectivity index (χ1n) is 5.87. The van der Waals surface area contributed by atoms with Gasteiger partial charge in [-0.1, -0.05) is 13.8 Å². The Morgan fingerprint density at radius 1 is 1.53 bits per heavy atom. The van der Waals surface area contributed by atoms with Crippen molar-refractivity contribution in [3.05, 3.63) is 21.5 Å². The van der Waals surface area contributed by atoms with Gasteiger partial charge < -0.3 is 5.73 Å². The topological polar surface area (TPSA) is 87.0 Å². The Kier molecular flexibility index (Phi) is 4.22. The zero-order valence-electron chi connectivity index (χ0n) is 10.8. The van der Waals surface area contributed by atoms with Crippen molar-refractivity contribution in [3.8, 4) is 0 Å². The van der Waals surface area contributed by atoms with Crippen LogP contribution in [0, 0.1) is 17.0 Å². The van der Waals surface area contributed by atoms with Gasteiger partial charge in [0.05, 0.1) is 4.92 Å². The number of nitrogens with two attached hydrogens (primary N) is 1. The van der Waals surface area contributed by atoms with Gasteiger partial charge in [-0.2, -0.15) is 5.10 Å². The molecule has 0 aliphatic heterocycles. The second-order valence-electron chi connectivity index (χ2n) is 4.45. The minimum atomic E-state index is -0.358. The summed E-state index contributed by atoms with van der Waals surface area (Å²) in [7, 11) is 0.